The summed E-state index contributed by atoms with van der Waals surface area (Å²) in [7, 11) is 0.209. The van der Waals surface area contributed by atoms with Crippen molar-refractivity contribution in [3.63, 3.8) is 0 Å². The number of aryl methyl sites for hydroxylation is 2. The fourth-order valence-corrected chi connectivity index (χ4v) is 2.83. The minimum absolute atomic E-state index is 0.179. The molecule has 1 heterocycles. The summed E-state index contributed by atoms with van der Waals surface area (Å²) in [6.45, 7) is 3.65. The number of oxazole rings is 1. The van der Waals surface area contributed by atoms with Crippen molar-refractivity contribution in [1.82, 2.24) is 4.98 Å². The number of hydrogen-bond acceptors (Lipinski definition) is 4. The number of halogens is 1. The van der Waals surface area contributed by atoms with Gasteiger partial charge in [0.05, 0.1) is 12.8 Å². The zero-order valence-electron chi connectivity index (χ0n) is 11.6. The van der Waals surface area contributed by atoms with Crippen LogP contribution in [-0.4, -0.2) is 16.3 Å². The Morgan fingerprint density at radius 1 is 1.35 bits per heavy atom. The van der Waals surface area contributed by atoms with Crippen LogP contribution in [0.25, 0.3) is 0 Å². The van der Waals surface area contributed by atoms with Crippen LogP contribution in [0.15, 0.2) is 22.6 Å². The lowest BCUT2D eigenvalue weighted by molar-refractivity contribution is 0.386. The van der Waals surface area contributed by atoms with E-state index in [2.05, 4.69) is 4.98 Å². The normalized spacial score (nSPS) is 12.4. The zero-order valence-corrected chi connectivity index (χ0v) is 12.4. The van der Waals surface area contributed by atoms with Gasteiger partial charge in [0.2, 0.25) is 5.89 Å². The van der Waals surface area contributed by atoms with E-state index in [9.17, 15) is 8.60 Å². The van der Waals surface area contributed by atoms with E-state index in [4.69, 9.17) is 9.15 Å². The Bertz CT molecular complexity index is 620. The van der Waals surface area contributed by atoms with Gasteiger partial charge in [0, 0.05) is 16.6 Å². The van der Waals surface area contributed by atoms with Gasteiger partial charge in [-0.1, -0.05) is 6.07 Å². The van der Waals surface area contributed by atoms with Crippen LogP contribution in [0.5, 0.6) is 5.75 Å². The van der Waals surface area contributed by atoms with E-state index in [0.717, 1.165) is 11.5 Å². The largest absolute Gasteiger partial charge is 0.494 e. The molecule has 1 aromatic heterocycles. The molecule has 0 aliphatic carbocycles. The first-order valence-electron chi connectivity index (χ1n) is 6.10. The maximum Gasteiger partial charge on any atom is 0.207 e. The second-order valence-corrected chi connectivity index (χ2v) is 5.90. The van der Waals surface area contributed by atoms with Crippen LogP contribution in [0.1, 0.15) is 22.9 Å². The number of aromatic nitrogens is 1. The molecule has 0 N–H and O–H groups in total. The molecule has 4 nitrogen and oxygen atoms in total. The van der Waals surface area contributed by atoms with Crippen molar-refractivity contribution in [3.8, 4) is 5.75 Å². The van der Waals surface area contributed by atoms with Crippen molar-refractivity contribution in [3.05, 3.63) is 46.9 Å². The molecule has 2 rings (SSSR count). The van der Waals surface area contributed by atoms with Gasteiger partial charge in [-0.2, -0.15) is 0 Å². The molecule has 1 aromatic carbocycles. The van der Waals surface area contributed by atoms with Crippen molar-refractivity contribution < 1.29 is 17.8 Å². The third kappa shape index (κ3) is 3.45. The topological polar surface area (TPSA) is 52.3 Å². The van der Waals surface area contributed by atoms with Crippen LogP contribution in [-0.2, 0) is 22.3 Å². The molecular formula is C14H16FNO3S. The predicted molar refractivity (Wildman–Crippen MR) is 74.5 cm³/mol. The van der Waals surface area contributed by atoms with Gasteiger partial charge < -0.3 is 9.15 Å². The van der Waals surface area contributed by atoms with Crippen LogP contribution >= 0.6 is 0 Å². The monoisotopic (exact) mass is 297 g/mol. The highest BCUT2D eigenvalue weighted by Crippen LogP contribution is 2.19. The van der Waals surface area contributed by atoms with E-state index in [0.29, 0.717) is 11.5 Å². The molecule has 0 saturated heterocycles. The molecule has 0 spiro atoms. The Morgan fingerprint density at radius 3 is 2.65 bits per heavy atom. The molecule has 0 radical (unpaired) electrons. The number of methoxy groups -OCH3 is 1. The van der Waals surface area contributed by atoms with Crippen LogP contribution in [0, 0.1) is 19.7 Å². The summed E-state index contributed by atoms with van der Waals surface area (Å²) in [5, 5.41) is 0. The molecule has 108 valence electrons. The molecule has 0 bridgehead atoms. The van der Waals surface area contributed by atoms with Crippen molar-refractivity contribution in [1.29, 1.82) is 0 Å². The van der Waals surface area contributed by atoms with Crippen LogP contribution < -0.4 is 4.74 Å². The van der Waals surface area contributed by atoms with E-state index >= 15 is 0 Å². The highest BCUT2D eigenvalue weighted by Gasteiger charge is 2.11. The van der Waals surface area contributed by atoms with Crippen LogP contribution in [0.3, 0.4) is 0 Å². The van der Waals surface area contributed by atoms with Gasteiger partial charge in [0.15, 0.2) is 11.6 Å². The quantitative estimate of drug-likeness (QED) is 0.851. The van der Waals surface area contributed by atoms with Gasteiger partial charge in [-0.05, 0) is 31.5 Å². The van der Waals surface area contributed by atoms with Gasteiger partial charge in [0.1, 0.15) is 11.5 Å². The fraction of sp³-hybridized carbons (Fsp3) is 0.357. The molecule has 6 heteroatoms. The van der Waals surface area contributed by atoms with Gasteiger partial charge in [0.25, 0.3) is 0 Å². The van der Waals surface area contributed by atoms with Crippen molar-refractivity contribution in [2.24, 2.45) is 0 Å². The smallest absolute Gasteiger partial charge is 0.207 e. The van der Waals surface area contributed by atoms with Gasteiger partial charge in [-0.3, -0.25) is 4.21 Å². The average Bonchev–Trinajstić information content (AvgIpc) is 2.68. The Kier molecular flexibility index (Phi) is 4.54. The van der Waals surface area contributed by atoms with Gasteiger partial charge in [-0.15, -0.1) is 0 Å². The second kappa shape index (κ2) is 6.17. The number of ether oxygens (including phenoxy) is 1. The summed E-state index contributed by atoms with van der Waals surface area (Å²) in [6.07, 6.45) is 0. The highest BCUT2D eigenvalue weighted by atomic mass is 32.2. The van der Waals surface area contributed by atoms with E-state index in [1.807, 2.05) is 13.8 Å². The molecule has 0 aliphatic rings. The SMILES string of the molecule is COc1ccc(C[S@@](=O)Cc2nc(C)c(C)o2)cc1F. The highest BCUT2D eigenvalue weighted by molar-refractivity contribution is 7.83. The minimum atomic E-state index is -1.20. The number of hydrogen-bond donors (Lipinski definition) is 0. The summed E-state index contributed by atoms with van der Waals surface area (Å²) < 4.78 is 35.8. The lowest BCUT2D eigenvalue weighted by atomic mass is 10.2. The Balaban J connectivity index is 2.02. The van der Waals surface area contributed by atoms with Crippen LogP contribution in [0.2, 0.25) is 0 Å². The number of rotatable bonds is 5. The second-order valence-electron chi connectivity index (χ2n) is 4.45. The average molecular weight is 297 g/mol. The fourth-order valence-electron chi connectivity index (χ4n) is 1.78. The van der Waals surface area contributed by atoms with Gasteiger partial charge >= 0.3 is 0 Å². The molecular weight excluding hydrogens is 281 g/mol. The van der Waals surface area contributed by atoms with Crippen LogP contribution in [0.4, 0.5) is 4.39 Å². The Morgan fingerprint density at radius 2 is 2.10 bits per heavy atom. The molecule has 2 aromatic rings. The molecule has 0 amide bonds. The van der Waals surface area contributed by atoms with Crippen molar-refractivity contribution in [2.45, 2.75) is 25.4 Å². The van der Waals surface area contributed by atoms with Crippen molar-refractivity contribution >= 4 is 10.8 Å². The lowest BCUT2D eigenvalue weighted by Gasteiger charge is -2.04. The summed E-state index contributed by atoms with van der Waals surface area (Å²) in [5.74, 6) is 1.38. The summed E-state index contributed by atoms with van der Waals surface area (Å²) in [4.78, 5) is 4.18. The third-order valence-corrected chi connectivity index (χ3v) is 4.13. The Labute approximate surface area is 119 Å². The van der Waals surface area contributed by atoms with E-state index < -0.39 is 16.6 Å². The first kappa shape index (κ1) is 14.7. The van der Waals surface area contributed by atoms with E-state index in [1.165, 1.54) is 19.2 Å². The molecule has 0 aliphatic heterocycles. The molecule has 1 atom stereocenters. The summed E-state index contributed by atoms with van der Waals surface area (Å²) >= 11 is 0. The van der Waals surface area contributed by atoms with Crippen molar-refractivity contribution in [2.75, 3.05) is 7.11 Å². The molecule has 0 saturated carbocycles. The Hall–Kier alpha value is -1.69. The standard InChI is InChI=1S/C14H16FNO3S/c1-9-10(2)19-14(16-9)8-20(17)7-11-4-5-13(18-3)12(15)6-11/h4-6H,7-8H2,1-3H3/t20-/m1/s1. The molecule has 0 unspecified atom stereocenters. The van der Waals surface area contributed by atoms with E-state index in [-0.39, 0.29) is 17.3 Å². The zero-order chi connectivity index (χ0) is 14.7. The maximum absolute atomic E-state index is 13.5. The number of benzene rings is 1. The third-order valence-electron chi connectivity index (χ3n) is 2.90. The number of nitrogens with zero attached hydrogens (tertiary/aromatic N) is 1. The van der Waals surface area contributed by atoms with Gasteiger partial charge in [-0.25, -0.2) is 9.37 Å². The first-order valence-corrected chi connectivity index (χ1v) is 7.58. The predicted octanol–water partition coefficient (Wildman–Crippen LogP) is 2.89. The summed E-state index contributed by atoms with van der Waals surface area (Å²) in [6, 6.07) is 4.57. The molecule has 20 heavy (non-hydrogen) atoms. The maximum atomic E-state index is 13.5. The molecule has 0 fully saturated rings. The lowest BCUT2D eigenvalue weighted by Crippen LogP contribution is -2.01. The van der Waals surface area contributed by atoms with E-state index in [1.54, 1.807) is 6.07 Å². The minimum Gasteiger partial charge on any atom is -0.494 e. The summed E-state index contributed by atoms with van der Waals surface area (Å²) in [5.41, 5.74) is 1.45. The first-order chi connectivity index (χ1) is 9.49.